The zero-order chi connectivity index (χ0) is 12.0. The molecule has 2 saturated carbocycles. The Morgan fingerprint density at radius 1 is 1.06 bits per heavy atom. The van der Waals surface area contributed by atoms with Crippen molar-refractivity contribution in [2.45, 2.75) is 38.1 Å². The third-order valence-corrected chi connectivity index (χ3v) is 6.31. The molecule has 0 bridgehead atoms. The molecule has 1 aliphatic heterocycles. The lowest BCUT2D eigenvalue weighted by atomic mass is 10.0. The van der Waals surface area contributed by atoms with Gasteiger partial charge in [-0.3, -0.25) is 4.79 Å². The van der Waals surface area contributed by atoms with E-state index in [1.807, 2.05) is 0 Å². The first-order chi connectivity index (χ1) is 8.07. The van der Waals surface area contributed by atoms with E-state index in [-0.39, 0.29) is 29.4 Å². The van der Waals surface area contributed by atoms with Gasteiger partial charge >= 0.3 is 0 Å². The normalized spacial score (nSPS) is 42.8. The molecule has 0 spiro atoms. The number of hydrogen-bond donors (Lipinski definition) is 1. The molecule has 0 aromatic rings. The quantitative estimate of drug-likeness (QED) is 0.793. The molecule has 3 rings (SSSR count). The molecule has 1 amide bonds. The van der Waals surface area contributed by atoms with Gasteiger partial charge in [-0.25, -0.2) is 8.42 Å². The number of rotatable bonds is 2. The van der Waals surface area contributed by atoms with E-state index >= 15 is 0 Å². The van der Waals surface area contributed by atoms with Gasteiger partial charge in [0.1, 0.15) is 0 Å². The second-order valence-corrected chi connectivity index (χ2v) is 7.98. The summed E-state index contributed by atoms with van der Waals surface area (Å²) in [6, 6.07) is -0.129. The van der Waals surface area contributed by atoms with Gasteiger partial charge in [0, 0.05) is 12.0 Å². The molecule has 17 heavy (non-hydrogen) atoms. The maximum atomic E-state index is 12.0. The highest BCUT2D eigenvalue weighted by Gasteiger charge is 2.55. The Labute approximate surface area is 102 Å². The van der Waals surface area contributed by atoms with Crippen LogP contribution < -0.4 is 5.32 Å². The predicted molar refractivity (Wildman–Crippen MR) is 64.1 cm³/mol. The molecule has 5 heteroatoms. The standard InChI is InChI=1S/C12H19NO3S/c14-12(11-9-3-1-2-4-10(9)11)13-8-5-6-17(15,16)7-8/h8-11H,1-7H2,(H,13,14)/t8-,9+,10+/m1/s1. The fourth-order valence-corrected chi connectivity index (χ4v) is 5.26. The van der Waals surface area contributed by atoms with Crippen LogP contribution >= 0.6 is 0 Å². The van der Waals surface area contributed by atoms with Crippen LogP contribution in [-0.4, -0.2) is 31.9 Å². The van der Waals surface area contributed by atoms with Gasteiger partial charge < -0.3 is 5.32 Å². The molecule has 1 saturated heterocycles. The maximum absolute atomic E-state index is 12.0. The number of carbonyl (C=O) groups excluding carboxylic acids is 1. The summed E-state index contributed by atoms with van der Waals surface area (Å²) >= 11 is 0. The predicted octanol–water partition coefficient (Wildman–Crippen LogP) is 0.726. The highest BCUT2D eigenvalue weighted by Crippen LogP contribution is 2.55. The summed E-state index contributed by atoms with van der Waals surface area (Å²) in [5.41, 5.74) is 0. The van der Waals surface area contributed by atoms with Crippen LogP contribution in [0.25, 0.3) is 0 Å². The fourth-order valence-electron chi connectivity index (χ4n) is 3.59. The van der Waals surface area contributed by atoms with Crippen LogP contribution in [-0.2, 0) is 14.6 Å². The second kappa shape index (κ2) is 3.97. The van der Waals surface area contributed by atoms with Crippen LogP contribution in [0.2, 0.25) is 0 Å². The Balaban J connectivity index is 1.55. The Morgan fingerprint density at radius 2 is 1.71 bits per heavy atom. The van der Waals surface area contributed by atoms with E-state index in [2.05, 4.69) is 5.32 Å². The van der Waals surface area contributed by atoms with Crippen LogP contribution in [0, 0.1) is 17.8 Å². The topological polar surface area (TPSA) is 63.2 Å². The molecule has 1 heterocycles. The van der Waals surface area contributed by atoms with E-state index in [1.54, 1.807) is 0 Å². The number of carbonyl (C=O) groups is 1. The van der Waals surface area contributed by atoms with Gasteiger partial charge in [0.25, 0.3) is 0 Å². The van der Waals surface area contributed by atoms with Crippen molar-refractivity contribution in [3.63, 3.8) is 0 Å². The van der Waals surface area contributed by atoms with E-state index in [9.17, 15) is 13.2 Å². The number of nitrogens with one attached hydrogen (secondary N) is 1. The maximum Gasteiger partial charge on any atom is 0.223 e. The average molecular weight is 257 g/mol. The van der Waals surface area contributed by atoms with Gasteiger partial charge in [-0.05, 0) is 31.1 Å². The molecule has 2 aliphatic carbocycles. The smallest absolute Gasteiger partial charge is 0.223 e. The number of fused-ring (bicyclic) bond motifs is 1. The first-order valence-electron chi connectivity index (χ1n) is 6.58. The van der Waals surface area contributed by atoms with E-state index < -0.39 is 9.84 Å². The van der Waals surface area contributed by atoms with Gasteiger partial charge in [-0.2, -0.15) is 0 Å². The van der Waals surface area contributed by atoms with Gasteiger partial charge in [-0.1, -0.05) is 12.8 Å². The van der Waals surface area contributed by atoms with Crippen molar-refractivity contribution in [3.8, 4) is 0 Å². The van der Waals surface area contributed by atoms with Gasteiger partial charge in [0.05, 0.1) is 11.5 Å². The van der Waals surface area contributed by atoms with Gasteiger partial charge in [0.2, 0.25) is 5.91 Å². The van der Waals surface area contributed by atoms with Crippen LogP contribution in [0.15, 0.2) is 0 Å². The second-order valence-electron chi connectivity index (χ2n) is 5.75. The van der Waals surface area contributed by atoms with Crippen molar-refractivity contribution in [3.05, 3.63) is 0 Å². The Hall–Kier alpha value is -0.580. The summed E-state index contributed by atoms with van der Waals surface area (Å²) in [7, 11) is -2.89. The molecule has 3 atom stereocenters. The Morgan fingerprint density at radius 3 is 2.24 bits per heavy atom. The van der Waals surface area contributed by atoms with Crippen LogP contribution in [0.3, 0.4) is 0 Å². The van der Waals surface area contributed by atoms with Gasteiger partial charge in [-0.15, -0.1) is 0 Å². The largest absolute Gasteiger partial charge is 0.352 e. The molecular formula is C12H19NO3S. The molecule has 0 aromatic heterocycles. The molecule has 4 nitrogen and oxygen atoms in total. The van der Waals surface area contributed by atoms with E-state index in [0.717, 1.165) is 0 Å². The summed E-state index contributed by atoms with van der Waals surface area (Å²) in [4.78, 5) is 12.0. The van der Waals surface area contributed by atoms with Crippen molar-refractivity contribution < 1.29 is 13.2 Å². The molecule has 0 aromatic carbocycles. The summed E-state index contributed by atoms with van der Waals surface area (Å²) in [5, 5.41) is 2.93. The molecule has 0 radical (unpaired) electrons. The van der Waals surface area contributed by atoms with Crippen molar-refractivity contribution in [2.75, 3.05) is 11.5 Å². The van der Waals surface area contributed by atoms with Crippen molar-refractivity contribution in [1.82, 2.24) is 5.32 Å². The van der Waals surface area contributed by atoms with Crippen LogP contribution in [0.1, 0.15) is 32.1 Å². The number of hydrogen-bond acceptors (Lipinski definition) is 3. The first kappa shape index (κ1) is 11.5. The minimum absolute atomic E-state index is 0.115. The minimum Gasteiger partial charge on any atom is -0.352 e. The summed E-state index contributed by atoms with van der Waals surface area (Å²) in [5.74, 6) is 1.88. The summed E-state index contributed by atoms with van der Waals surface area (Å²) in [6.07, 6.45) is 5.47. The number of amides is 1. The van der Waals surface area contributed by atoms with Crippen molar-refractivity contribution >= 4 is 15.7 Å². The lowest BCUT2D eigenvalue weighted by molar-refractivity contribution is -0.123. The Bertz CT molecular complexity index is 419. The minimum atomic E-state index is -2.89. The van der Waals surface area contributed by atoms with E-state index in [0.29, 0.717) is 18.3 Å². The van der Waals surface area contributed by atoms with E-state index in [1.165, 1.54) is 25.7 Å². The Kier molecular flexibility index (Phi) is 2.69. The summed E-state index contributed by atoms with van der Waals surface area (Å²) < 4.78 is 22.6. The van der Waals surface area contributed by atoms with Crippen LogP contribution in [0.5, 0.6) is 0 Å². The molecule has 0 unspecified atom stereocenters. The molecule has 3 aliphatic rings. The van der Waals surface area contributed by atoms with E-state index in [4.69, 9.17) is 0 Å². The van der Waals surface area contributed by atoms with Crippen LogP contribution in [0.4, 0.5) is 0 Å². The SMILES string of the molecule is O=C(N[C@@H]1CCS(=O)(=O)C1)C1[C@H]2CCCC[C@H]12. The van der Waals surface area contributed by atoms with Gasteiger partial charge in [0.15, 0.2) is 9.84 Å². The summed E-state index contributed by atoms with van der Waals surface area (Å²) in [6.45, 7) is 0. The lowest BCUT2D eigenvalue weighted by Crippen LogP contribution is -2.37. The number of sulfone groups is 1. The monoisotopic (exact) mass is 257 g/mol. The molecule has 3 fully saturated rings. The highest BCUT2D eigenvalue weighted by atomic mass is 32.2. The first-order valence-corrected chi connectivity index (χ1v) is 8.40. The van der Waals surface area contributed by atoms with Crippen molar-refractivity contribution in [1.29, 1.82) is 0 Å². The average Bonchev–Trinajstić information content (AvgIpc) is 2.91. The zero-order valence-corrected chi connectivity index (χ0v) is 10.7. The van der Waals surface area contributed by atoms with Crippen molar-refractivity contribution in [2.24, 2.45) is 17.8 Å². The fraction of sp³-hybridized carbons (Fsp3) is 0.917. The third kappa shape index (κ3) is 2.21. The lowest BCUT2D eigenvalue weighted by Gasteiger charge is -2.10. The molecule has 96 valence electrons. The third-order valence-electron chi connectivity index (χ3n) is 4.54. The molecule has 1 N–H and O–H groups in total. The highest BCUT2D eigenvalue weighted by molar-refractivity contribution is 7.91. The molecular weight excluding hydrogens is 238 g/mol. The zero-order valence-electron chi connectivity index (χ0n) is 9.89.